The van der Waals surface area contributed by atoms with Gasteiger partial charge in [-0.25, -0.2) is 4.79 Å². The van der Waals surface area contributed by atoms with E-state index in [2.05, 4.69) is 26.1 Å². The van der Waals surface area contributed by atoms with Gasteiger partial charge in [0.05, 0.1) is 0 Å². The summed E-state index contributed by atoms with van der Waals surface area (Å²) in [5.41, 5.74) is 0.0554. The predicted molar refractivity (Wildman–Crippen MR) is 59.7 cm³/mol. The summed E-state index contributed by atoms with van der Waals surface area (Å²) in [7, 11) is 0. The predicted octanol–water partition coefficient (Wildman–Crippen LogP) is 1.01. The number of aliphatic hydroxyl groups excluding tert-OH is 1. The zero-order valence-electron chi connectivity index (χ0n) is 9.66. The molecule has 0 spiro atoms. The molecule has 0 heterocycles. The van der Waals surface area contributed by atoms with E-state index in [9.17, 15) is 4.79 Å². The minimum atomic E-state index is -0.939. The molecule has 0 aromatic rings. The maximum Gasteiger partial charge on any atom is 0.328 e. The first kappa shape index (κ1) is 14.1. The molecule has 15 heavy (non-hydrogen) atoms. The summed E-state index contributed by atoms with van der Waals surface area (Å²) in [5, 5.41) is 20.5. The average molecular weight is 215 g/mol. The third-order valence-corrected chi connectivity index (χ3v) is 2.21. The molecule has 0 aliphatic rings. The summed E-state index contributed by atoms with van der Waals surface area (Å²) in [6.45, 7) is 6.90. The number of rotatable bonds is 6. The number of carboxylic acid groups (broad SMARTS) is 1. The lowest BCUT2D eigenvalue weighted by Crippen LogP contribution is -2.41. The van der Waals surface area contributed by atoms with Gasteiger partial charge in [0.1, 0.15) is 0 Å². The number of aliphatic hydroxyl groups is 1. The van der Waals surface area contributed by atoms with Crippen molar-refractivity contribution in [3.8, 4) is 0 Å². The number of carboxylic acids is 1. The van der Waals surface area contributed by atoms with Gasteiger partial charge in [0.15, 0.2) is 0 Å². The zero-order chi connectivity index (χ0) is 11.9. The summed E-state index contributed by atoms with van der Waals surface area (Å²) in [5.74, 6) is -0.939. The quantitative estimate of drug-likeness (QED) is 0.578. The molecule has 88 valence electrons. The largest absolute Gasteiger partial charge is 0.478 e. The molecule has 0 saturated heterocycles. The molecule has 0 fully saturated rings. The molecule has 1 atom stereocenters. The van der Waals surface area contributed by atoms with E-state index >= 15 is 0 Å². The van der Waals surface area contributed by atoms with Gasteiger partial charge in [0, 0.05) is 25.3 Å². The lowest BCUT2D eigenvalue weighted by Gasteiger charge is -2.30. The Bertz CT molecular complexity index is 218. The second kappa shape index (κ2) is 6.58. The van der Waals surface area contributed by atoms with E-state index in [-0.39, 0.29) is 18.1 Å². The number of hydrogen-bond donors (Lipinski definition) is 3. The van der Waals surface area contributed by atoms with Crippen LogP contribution in [-0.2, 0) is 4.79 Å². The highest BCUT2D eigenvalue weighted by Crippen LogP contribution is 2.21. The van der Waals surface area contributed by atoms with Gasteiger partial charge in [-0.2, -0.15) is 0 Å². The summed E-state index contributed by atoms with van der Waals surface area (Å²) >= 11 is 0. The van der Waals surface area contributed by atoms with Gasteiger partial charge < -0.3 is 15.5 Å². The molecular formula is C11H21NO3. The van der Waals surface area contributed by atoms with Gasteiger partial charge in [0.25, 0.3) is 0 Å². The van der Waals surface area contributed by atoms with Crippen LogP contribution in [0.15, 0.2) is 12.2 Å². The van der Waals surface area contributed by atoms with Crippen molar-refractivity contribution in [2.45, 2.75) is 33.2 Å². The Hall–Kier alpha value is -0.870. The van der Waals surface area contributed by atoms with Gasteiger partial charge in [-0.05, 0) is 11.8 Å². The molecule has 4 nitrogen and oxygen atoms in total. The van der Waals surface area contributed by atoms with E-state index in [1.54, 1.807) is 6.08 Å². The third-order valence-electron chi connectivity index (χ3n) is 2.21. The minimum absolute atomic E-state index is 0.0554. The molecule has 0 aromatic heterocycles. The number of hydrogen-bond acceptors (Lipinski definition) is 3. The highest BCUT2D eigenvalue weighted by molar-refractivity contribution is 5.79. The van der Waals surface area contributed by atoms with Gasteiger partial charge in [-0.3, -0.25) is 0 Å². The van der Waals surface area contributed by atoms with Crippen LogP contribution in [0.5, 0.6) is 0 Å². The van der Waals surface area contributed by atoms with E-state index in [1.807, 2.05) is 0 Å². The fourth-order valence-electron chi connectivity index (χ4n) is 1.34. The van der Waals surface area contributed by atoms with Crippen LogP contribution in [0.2, 0.25) is 0 Å². The second-order valence-electron chi connectivity index (χ2n) is 4.58. The van der Waals surface area contributed by atoms with Crippen molar-refractivity contribution in [1.29, 1.82) is 0 Å². The molecular weight excluding hydrogens is 194 g/mol. The topological polar surface area (TPSA) is 69.6 Å². The molecule has 0 bridgehead atoms. The third kappa shape index (κ3) is 7.11. The monoisotopic (exact) mass is 215 g/mol. The van der Waals surface area contributed by atoms with Crippen molar-refractivity contribution in [3.05, 3.63) is 12.2 Å². The SMILES string of the molecule is CC(C)(C)C(CCO)NC/C=C/C(=O)O. The molecule has 0 aliphatic carbocycles. The molecule has 0 amide bonds. The fraction of sp³-hybridized carbons (Fsp3) is 0.727. The van der Waals surface area contributed by atoms with Crippen LogP contribution in [0.3, 0.4) is 0 Å². The Morgan fingerprint density at radius 3 is 2.47 bits per heavy atom. The Morgan fingerprint density at radius 1 is 1.47 bits per heavy atom. The van der Waals surface area contributed by atoms with Gasteiger partial charge in [-0.1, -0.05) is 26.8 Å². The van der Waals surface area contributed by atoms with E-state index in [0.29, 0.717) is 13.0 Å². The van der Waals surface area contributed by atoms with Crippen molar-refractivity contribution in [2.75, 3.05) is 13.2 Å². The Morgan fingerprint density at radius 2 is 2.07 bits per heavy atom. The first-order valence-corrected chi connectivity index (χ1v) is 5.11. The minimum Gasteiger partial charge on any atom is -0.478 e. The molecule has 0 saturated carbocycles. The van der Waals surface area contributed by atoms with Crippen molar-refractivity contribution in [2.24, 2.45) is 5.41 Å². The van der Waals surface area contributed by atoms with Crippen molar-refractivity contribution < 1.29 is 15.0 Å². The molecule has 3 N–H and O–H groups in total. The highest BCUT2D eigenvalue weighted by atomic mass is 16.4. The van der Waals surface area contributed by atoms with E-state index in [1.165, 1.54) is 0 Å². The lowest BCUT2D eigenvalue weighted by atomic mass is 9.85. The molecule has 4 heteroatoms. The summed E-state index contributed by atoms with van der Waals surface area (Å²) < 4.78 is 0. The molecule has 0 aliphatic heterocycles. The maximum atomic E-state index is 10.2. The van der Waals surface area contributed by atoms with Crippen LogP contribution in [0.4, 0.5) is 0 Å². The molecule has 0 radical (unpaired) electrons. The van der Waals surface area contributed by atoms with Crippen LogP contribution < -0.4 is 5.32 Å². The van der Waals surface area contributed by atoms with Crippen molar-refractivity contribution >= 4 is 5.97 Å². The zero-order valence-corrected chi connectivity index (χ0v) is 9.66. The van der Waals surface area contributed by atoms with Crippen LogP contribution in [0.1, 0.15) is 27.2 Å². The van der Waals surface area contributed by atoms with E-state index in [4.69, 9.17) is 10.2 Å². The van der Waals surface area contributed by atoms with Crippen molar-refractivity contribution in [3.63, 3.8) is 0 Å². The van der Waals surface area contributed by atoms with Crippen LogP contribution in [0.25, 0.3) is 0 Å². The summed E-state index contributed by atoms with van der Waals surface area (Å²) in [4.78, 5) is 10.2. The van der Waals surface area contributed by atoms with Gasteiger partial charge >= 0.3 is 5.97 Å². The highest BCUT2D eigenvalue weighted by Gasteiger charge is 2.22. The van der Waals surface area contributed by atoms with Gasteiger partial charge in [0.2, 0.25) is 0 Å². The van der Waals surface area contributed by atoms with E-state index < -0.39 is 5.97 Å². The Balaban J connectivity index is 4.02. The number of carbonyl (C=O) groups is 1. The molecule has 1 unspecified atom stereocenters. The van der Waals surface area contributed by atoms with Gasteiger partial charge in [-0.15, -0.1) is 0 Å². The Labute approximate surface area is 91.0 Å². The standard InChI is InChI=1S/C11H21NO3/c1-11(2,3)9(6-8-13)12-7-4-5-10(14)15/h4-5,9,12-13H,6-8H2,1-3H3,(H,14,15)/b5-4+. The smallest absolute Gasteiger partial charge is 0.328 e. The van der Waals surface area contributed by atoms with Crippen LogP contribution in [-0.4, -0.2) is 35.4 Å². The average Bonchev–Trinajstić information content (AvgIpc) is 2.08. The Kier molecular flexibility index (Phi) is 6.20. The summed E-state index contributed by atoms with van der Waals surface area (Å²) in [6.07, 6.45) is 3.36. The fourth-order valence-corrected chi connectivity index (χ4v) is 1.34. The molecule has 0 rings (SSSR count). The van der Waals surface area contributed by atoms with E-state index in [0.717, 1.165) is 6.08 Å². The molecule has 0 aromatic carbocycles. The number of nitrogens with one attached hydrogen (secondary N) is 1. The first-order chi connectivity index (χ1) is 6.88. The van der Waals surface area contributed by atoms with Crippen molar-refractivity contribution in [1.82, 2.24) is 5.32 Å². The lowest BCUT2D eigenvalue weighted by molar-refractivity contribution is -0.131. The van der Waals surface area contributed by atoms with Crippen LogP contribution in [0, 0.1) is 5.41 Å². The maximum absolute atomic E-state index is 10.2. The normalized spacial score (nSPS) is 14.4. The summed E-state index contributed by atoms with van der Waals surface area (Å²) in [6, 6.07) is 0.181. The van der Waals surface area contributed by atoms with Crippen LogP contribution >= 0.6 is 0 Å². The second-order valence-corrected chi connectivity index (χ2v) is 4.58. The number of aliphatic carboxylic acids is 1. The first-order valence-electron chi connectivity index (χ1n) is 5.11.